The Morgan fingerprint density at radius 1 is 1.00 bits per heavy atom. The van der Waals surface area contributed by atoms with Crippen LogP contribution in [0.4, 0.5) is 0 Å². The van der Waals surface area contributed by atoms with Crippen LogP contribution in [0.25, 0.3) is 0 Å². The first-order chi connectivity index (χ1) is 13.8. The molecule has 0 amide bonds. The van der Waals surface area contributed by atoms with E-state index >= 15 is 0 Å². The SMILES string of the molecule is CCCC1CCC(CC2Cc3ccccc3C2Oc2ccc3c(c2)OCO3)C1. The van der Waals surface area contributed by atoms with Crippen LogP contribution in [0.1, 0.15) is 62.7 Å². The average molecular weight is 379 g/mol. The van der Waals surface area contributed by atoms with Gasteiger partial charge in [0.25, 0.3) is 0 Å². The van der Waals surface area contributed by atoms with Crippen molar-refractivity contribution in [3.63, 3.8) is 0 Å². The molecule has 2 aliphatic carbocycles. The normalized spacial score (nSPS) is 27.8. The molecule has 1 fully saturated rings. The molecule has 4 atom stereocenters. The zero-order valence-corrected chi connectivity index (χ0v) is 16.7. The molecule has 1 heterocycles. The van der Waals surface area contributed by atoms with Gasteiger partial charge in [0.05, 0.1) is 0 Å². The van der Waals surface area contributed by atoms with Crippen LogP contribution in [0, 0.1) is 17.8 Å². The summed E-state index contributed by atoms with van der Waals surface area (Å²) in [6.45, 7) is 2.62. The highest BCUT2D eigenvalue weighted by Crippen LogP contribution is 2.47. The molecule has 1 saturated carbocycles. The summed E-state index contributed by atoms with van der Waals surface area (Å²) in [4.78, 5) is 0. The zero-order chi connectivity index (χ0) is 18.9. The summed E-state index contributed by atoms with van der Waals surface area (Å²) < 4.78 is 17.6. The molecule has 1 aliphatic heterocycles. The molecule has 3 heteroatoms. The van der Waals surface area contributed by atoms with Gasteiger partial charge in [0, 0.05) is 12.0 Å². The van der Waals surface area contributed by atoms with Crippen molar-refractivity contribution in [1.82, 2.24) is 0 Å². The maximum Gasteiger partial charge on any atom is 0.231 e. The van der Waals surface area contributed by atoms with Crippen molar-refractivity contribution in [3.8, 4) is 17.2 Å². The first-order valence-corrected chi connectivity index (χ1v) is 10.9. The van der Waals surface area contributed by atoms with E-state index in [4.69, 9.17) is 14.2 Å². The number of hydrogen-bond donors (Lipinski definition) is 0. The van der Waals surface area contributed by atoms with Crippen LogP contribution in [-0.4, -0.2) is 6.79 Å². The lowest BCUT2D eigenvalue weighted by Gasteiger charge is -2.25. The minimum absolute atomic E-state index is 0.141. The number of fused-ring (bicyclic) bond motifs is 2. The molecule has 0 spiro atoms. The van der Waals surface area contributed by atoms with Gasteiger partial charge >= 0.3 is 0 Å². The highest BCUT2D eigenvalue weighted by atomic mass is 16.7. The molecule has 0 N–H and O–H groups in total. The van der Waals surface area contributed by atoms with Gasteiger partial charge in [-0.05, 0) is 54.4 Å². The van der Waals surface area contributed by atoms with Gasteiger partial charge in [0.1, 0.15) is 11.9 Å². The average Bonchev–Trinajstić information content (AvgIpc) is 3.42. The lowest BCUT2D eigenvalue weighted by Crippen LogP contribution is -2.17. The van der Waals surface area contributed by atoms with Crippen molar-refractivity contribution in [2.24, 2.45) is 17.8 Å². The van der Waals surface area contributed by atoms with Gasteiger partial charge in [0.15, 0.2) is 11.5 Å². The van der Waals surface area contributed by atoms with E-state index in [1.54, 1.807) is 0 Å². The molecule has 2 aromatic rings. The van der Waals surface area contributed by atoms with Crippen LogP contribution in [0.2, 0.25) is 0 Å². The Balaban J connectivity index is 1.34. The van der Waals surface area contributed by atoms with Crippen molar-refractivity contribution in [2.75, 3.05) is 6.79 Å². The Labute approximate surface area is 168 Å². The molecule has 5 rings (SSSR count). The second-order valence-corrected chi connectivity index (χ2v) is 8.79. The summed E-state index contributed by atoms with van der Waals surface area (Å²) in [6, 6.07) is 14.8. The van der Waals surface area contributed by atoms with Crippen LogP contribution in [0.15, 0.2) is 42.5 Å². The lowest BCUT2D eigenvalue weighted by molar-refractivity contribution is 0.130. The highest BCUT2D eigenvalue weighted by molar-refractivity contribution is 5.47. The largest absolute Gasteiger partial charge is 0.485 e. The minimum Gasteiger partial charge on any atom is -0.485 e. The maximum atomic E-state index is 6.59. The molecule has 3 aliphatic rings. The van der Waals surface area contributed by atoms with Crippen LogP contribution in [0.3, 0.4) is 0 Å². The summed E-state index contributed by atoms with van der Waals surface area (Å²) in [7, 11) is 0. The van der Waals surface area contributed by atoms with Gasteiger partial charge in [-0.2, -0.15) is 0 Å². The van der Waals surface area contributed by atoms with Gasteiger partial charge in [-0.15, -0.1) is 0 Å². The van der Waals surface area contributed by atoms with E-state index < -0.39 is 0 Å². The van der Waals surface area contributed by atoms with E-state index in [1.807, 2.05) is 18.2 Å². The van der Waals surface area contributed by atoms with Gasteiger partial charge in [-0.1, -0.05) is 56.9 Å². The number of hydrogen-bond acceptors (Lipinski definition) is 3. The fourth-order valence-electron chi connectivity index (χ4n) is 5.60. The second kappa shape index (κ2) is 7.69. The van der Waals surface area contributed by atoms with E-state index in [9.17, 15) is 0 Å². The van der Waals surface area contributed by atoms with Gasteiger partial charge < -0.3 is 14.2 Å². The number of rotatable bonds is 6. The van der Waals surface area contributed by atoms with E-state index in [0.717, 1.165) is 35.5 Å². The van der Waals surface area contributed by atoms with Crippen molar-refractivity contribution >= 4 is 0 Å². The molecule has 0 saturated heterocycles. The van der Waals surface area contributed by atoms with E-state index in [2.05, 4.69) is 31.2 Å². The second-order valence-electron chi connectivity index (χ2n) is 8.79. The van der Waals surface area contributed by atoms with Crippen molar-refractivity contribution in [1.29, 1.82) is 0 Å². The first kappa shape index (κ1) is 17.9. The standard InChI is InChI=1S/C25H30O3/c1-2-5-17-8-9-18(12-17)13-20-14-19-6-3-4-7-22(19)25(20)28-21-10-11-23-24(15-21)27-16-26-23/h3-4,6-7,10-11,15,17-18,20,25H,2,5,8-9,12-14,16H2,1H3. The Morgan fingerprint density at radius 2 is 1.86 bits per heavy atom. The van der Waals surface area contributed by atoms with Crippen LogP contribution < -0.4 is 14.2 Å². The van der Waals surface area contributed by atoms with Crippen molar-refractivity contribution < 1.29 is 14.2 Å². The third kappa shape index (κ3) is 3.47. The predicted molar refractivity (Wildman–Crippen MR) is 110 cm³/mol. The molecular weight excluding hydrogens is 348 g/mol. The third-order valence-corrected chi connectivity index (χ3v) is 6.86. The zero-order valence-electron chi connectivity index (χ0n) is 16.7. The summed E-state index contributed by atoms with van der Waals surface area (Å²) in [6.07, 6.45) is 9.52. The van der Waals surface area contributed by atoms with Crippen molar-refractivity contribution in [3.05, 3.63) is 53.6 Å². The Kier molecular flexibility index (Phi) is 4.92. The lowest BCUT2D eigenvalue weighted by atomic mass is 9.88. The fraction of sp³-hybridized carbons (Fsp3) is 0.520. The molecule has 0 radical (unpaired) electrons. The first-order valence-electron chi connectivity index (χ1n) is 10.9. The monoisotopic (exact) mass is 378 g/mol. The van der Waals surface area contributed by atoms with Gasteiger partial charge in [-0.3, -0.25) is 0 Å². The van der Waals surface area contributed by atoms with E-state index in [0.29, 0.717) is 12.7 Å². The van der Waals surface area contributed by atoms with E-state index in [-0.39, 0.29) is 6.10 Å². The van der Waals surface area contributed by atoms with E-state index in [1.165, 1.54) is 49.7 Å². The topological polar surface area (TPSA) is 27.7 Å². The van der Waals surface area contributed by atoms with Gasteiger partial charge in [0.2, 0.25) is 6.79 Å². The van der Waals surface area contributed by atoms with Crippen LogP contribution in [0.5, 0.6) is 17.2 Å². The number of benzene rings is 2. The van der Waals surface area contributed by atoms with Crippen LogP contribution >= 0.6 is 0 Å². The third-order valence-electron chi connectivity index (χ3n) is 6.86. The number of ether oxygens (including phenoxy) is 3. The Morgan fingerprint density at radius 3 is 2.79 bits per heavy atom. The molecule has 28 heavy (non-hydrogen) atoms. The summed E-state index contributed by atoms with van der Waals surface area (Å²) in [5, 5.41) is 0. The maximum absolute atomic E-state index is 6.59. The predicted octanol–water partition coefficient (Wildman–Crippen LogP) is 6.31. The quantitative estimate of drug-likeness (QED) is 0.589. The van der Waals surface area contributed by atoms with Crippen LogP contribution in [-0.2, 0) is 6.42 Å². The molecule has 148 valence electrons. The molecule has 3 nitrogen and oxygen atoms in total. The van der Waals surface area contributed by atoms with Crippen molar-refractivity contribution in [2.45, 2.75) is 58.0 Å². The summed E-state index contributed by atoms with van der Waals surface area (Å²) in [5.74, 6) is 4.85. The fourth-order valence-corrected chi connectivity index (χ4v) is 5.60. The molecule has 2 aromatic carbocycles. The molecular formula is C25H30O3. The minimum atomic E-state index is 0.141. The Bertz CT molecular complexity index is 830. The molecule has 0 bridgehead atoms. The highest BCUT2D eigenvalue weighted by Gasteiger charge is 2.37. The van der Waals surface area contributed by atoms with Gasteiger partial charge in [-0.25, -0.2) is 0 Å². The molecule has 0 aromatic heterocycles. The Hall–Kier alpha value is -2.16. The smallest absolute Gasteiger partial charge is 0.231 e. The molecule has 4 unspecified atom stereocenters. The summed E-state index contributed by atoms with van der Waals surface area (Å²) in [5.41, 5.74) is 2.83. The summed E-state index contributed by atoms with van der Waals surface area (Å²) >= 11 is 0.